The molecule has 1 atom stereocenters. The number of rotatable bonds is 5. The molecule has 2 N–H and O–H groups in total. The lowest BCUT2D eigenvalue weighted by Gasteiger charge is -2.31. The molecule has 1 aliphatic heterocycles. The van der Waals surface area contributed by atoms with Gasteiger partial charge < -0.3 is 15.0 Å². The second-order valence-electron chi connectivity index (χ2n) is 7.19. The Morgan fingerprint density at radius 2 is 2.07 bits per heavy atom. The number of piperidine rings is 1. The van der Waals surface area contributed by atoms with Crippen LogP contribution in [0.25, 0.3) is 11.4 Å². The summed E-state index contributed by atoms with van der Waals surface area (Å²) in [5, 5.41) is 9.93. The largest absolute Gasteiger partial charge is 0.497 e. The first-order valence-electron chi connectivity index (χ1n) is 9.85. The second kappa shape index (κ2) is 8.77. The zero-order chi connectivity index (χ0) is 20.9. The number of hydrogen-bond acceptors (Lipinski definition) is 5. The van der Waals surface area contributed by atoms with E-state index in [-0.39, 0.29) is 17.7 Å². The maximum absolute atomic E-state index is 12.9. The number of benzene rings is 1. The van der Waals surface area contributed by atoms with Crippen molar-refractivity contribution in [2.24, 2.45) is 5.92 Å². The number of ether oxygens (including phenoxy) is 1. The third kappa shape index (κ3) is 4.32. The van der Waals surface area contributed by atoms with Crippen molar-refractivity contribution in [1.82, 2.24) is 20.1 Å². The van der Waals surface area contributed by atoms with Crippen LogP contribution in [0.2, 0.25) is 0 Å². The summed E-state index contributed by atoms with van der Waals surface area (Å²) in [7, 11) is 1.58. The van der Waals surface area contributed by atoms with Crippen molar-refractivity contribution in [1.29, 1.82) is 0 Å². The summed E-state index contributed by atoms with van der Waals surface area (Å²) in [5.41, 5.74) is 2.38. The lowest BCUT2D eigenvalue weighted by molar-refractivity contribution is -0.121. The summed E-state index contributed by atoms with van der Waals surface area (Å²) in [4.78, 5) is 31.6. The first-order chi connectivity index (χ1) is 14.6. The summed E-state index contributed by atoms with van der Waals surface area (Å²) in [6.45, 7) is 0.978. The smallest absolute Gasteiger partial charge is 0.271 e. The van der Waals surface area contributed by atoms with Gasteiger partial charge in [-0.05, 0) is 43.2 Å². The van der Waals surface area contributed by atoms with Gasteiger partial charge in [-0.3, -0.25) is 19.7 Å². The Morgan fingerprint density at radius 1 is 1.17 bits per heavy atom. The first-order valence-corrected chi connectivity index (χ1v) is 9.85. The molecule has 1 aliphatic rings. The van der Waals surface area contributed by atoms with Crippen molar-refractivity contribution in [3.63, 3.8) is 0 Å². The number of aromatic nitrogens is 3. The molecular formula is C22H23N5O3. The molecule has 154 valence electrons. The number of anilines is 1. The number of methoxy groups -OCH3 is 1. The van der Waals surface area contributed by atoms with Crippen LogP contribution >= 0.6 is 0 Å². The molecule has 8 heteroatoms. The molecule has 0 aliphatic carbocycles. The minimum absolute atomic E-state index is 0.0976. The lowest BCUT2D eigenvalue weighted by Crippen LogP contribution is -2.43. The van der Waals surface area contributed by atoms with Crippen molar-refractivity contribution < 1.29 is 14.3 Å². The van der Waals surface area contributed by atoms with Gasteiger partial charge in [0.2, 0.25) is 5.91 Å². The zero-order valence-electron chi connectivity index (χ0n) is 16.7. The van der Waals surface area contributed by atoms with Crippen molar-refractivity contribution in [2.45, 2.75) is 12.8 Å². The fraction of sp³-hybridized carbons (Fsp3) is 0.273. The number of hydrogen-bond donors (Lipinski definition) is 2. The van der Waals surface area contributed by atoms with Crippen LogP contribution in [0.4, 0.5) is 5.69 Å². The van der Waals surface area contributed by atoms with Crippen LogP contribution in [-0.2, 0) is 4.79 Å². The van der Waals surface area contributed by atoms with E-state index in [1.54, 1.807) is 30.3 Å². The molecule has 3 heterocycles. The zero-order valence-corrected chi connectivity index (χ0v) is 16.7. The van der Waals surface area contributed by atoms with Gasteiger partial charge in [0, 0.05) is 31.0 Å². The highest BCUT2D eigenvalue weighted by molar-refractivity contribution is 5.95. The van der Waals surface area contributed by atoms with Gasteiger partial charge in [-0.15, -0.1) is 0 Å². The predicted molar refractivity (Wildman–Crippen MR) is 112 cm³/mol. The highest BCUT2D eigenvalue weighted by Gasteiger charge is 2.30. The van der Waals surface area contributed by atoms with Gasteiger partial charge >= 0.3 is 0 Å². The van der Waals surface area contributed by atoms with Crippen LogP contribution in [0.5, 0.6) is 5.75 Å². The fourth-order valence-electron chi connectivity index (χ4n) is 3.57. The van der Waals surface area contributed by atoms with E-state index < -0.39 is 0 Å². The number of aromatic amines is 1. The normalized spacial score (nSPS) is 16.2. The maximum Gasteiger partial charge on any atom is 0.271 e. The number of nitrogens with zero attached hydrogens (tertiary/aromatic N) is 3. The summed E-state index contributed by atoms with van der Waals surface area (Å²) < 4.78 is 5.20. The Labute approximate surface area is 174 Å². The SMILES string of the molecule is COc1cccc(NC(=O)[C@H]2CCCN(C(=O)c3cc(-c4ccccn4)n[nH]3)C2)c1. The standard InChI is InChI=1S/C22H23N5O3/c1-30-17-8-4-7-16(12-17)24-21(28)15-6-5-11-27(14-15)22(29)20-13-19(25-26-20)18-9-2-3-10-23-18/h2-4,7-10,12-13,15H,5-6,11,14H2,1H3,(H,24,28)(H,25,26)/t15-/m0/s1. The quantitative estimate of drug-likeness (QED) is 0.680. The van der Waals surface area contributed by atoms with Crippen LogP contribution in [0.15, 0.2) is 54.7 Å². The Balaban J connectivity index is 1.41. The summed E-state index contributed by atoms with van der Waals surface area (Å²) in [6.07, 6.45) is 3.19. The Bertz CT molecular complexity index is 1030. The third-order valence-corrected chi connectivity index (χ3v) is 5.15. The average molecular weight is 405 g/mol. The van der Waals surface area contributed by atoms with Crippen molar-refractivity contribution in [3.8, 4) is 17.1 Å². The molecule has 1 saturated heterocycles. The van der Waals surface area contributed by atoms with Gasteiger partial charge in [-0.25, -0.2) is 0 Å². The van der Waals surface area contributed by atoms with Crippen LogP contribution in [0.1, 0.15) is 23.3 Å². The molecule has 8 nitrogen and oxygen atoms in total. The molecule has 30 heavy (non-hydrogen) atoms. The monoisotopic (exact) mass is 405 g/mol. The highest BCUT2D eigenvalue weighted by Crippen LogP contribution is 2.23. The average Bonchev–Trinajstić information content (AvgIpc) is 3.30. The Hall–Kier alpha value is -3.68. The first kappa shape index (κ1) is 19.6. The molecule has 0 radical (unpaired) electrons. The number of likely N-dealkylation sites (tertiary alicyclic amines) is 1. The molecular weight excluding hydrogens is 382 g/mol. The van der Waals surface area contributed by atoms with E-state index in [0.29, 0.717) is 41.6 Å². The van der Waals surface area contributed by atoms with E-state index in [9.17, 15) is 9.59 Å². The fourth-order valence-corrected chi connectivity index (χ4v) is 3.57. The summed E-state index contributed by atoms with van der Waals surface area (Å²) in [5.74, 6) is 0.145. The maximum atomic E-state index is 12.9. The van der Waals surface area contributed by atoms with Gasteiger partial charge in [0.05, 0.1) is 18.7 Å². The molecule has 2 amide bonds. The molecule has 1 fully saturated rings. The highest BCUT2D eigenvalue weighted by atomic mass is 16.5. The number of H-pyrrole nitrogens is 1. The van der Waals surface area contributed by atoms with Crippen molar-refractivity contribution in [3.05, 3.63) is 60.4 Å². The minimum Gasteiger partial charge on any atom is -0.497 e. The number of nitrogens with one attached hydrogen (secondary N) is 2. The van der Waals surface area contributed by atoms with Crippen molar-refractivity contribution in [2.75, 3.05) is 25.5 Å². The number of carbonyl (C=O) groups excluding carboxylic acids is 2. The van der Waals surface area contributed by atoms with E-state index in [0.717, 1.165) is 12.8 Å². The third-order valence-electron chi connectivity index (χ3n) is 5.15. The molecule has 2 aromatic heterocycles. The van der Waals surface area contributed by atoms with Gasteiger partial charge in [-0.2, -0.15) is 5.10 Å². The van der Waals surface area contributed by atoms with Gasteiger partial charge in [0.15, 0.2) is 0 Å². The van der Waals surface area contributed by atoms with Gasteiger partial charge in [0.1, 0.15) is 17.1 Å². The summed E-state index contributed by atoms with van der Waals surface area (Å²) >= 11 is 0. The van der Waals surface area contributed by atoms with Crippen LogP contribution in [0, 0.1) is 5.92 Å². The molecule has 0 spiro atoms. The molecule has 1 aromatic carbocycles. The minimum atomic E-state index is -0.271. The molecule has 0 saturated carbocycles. The molecule has 3 aromatic rings. The number of carbonyl (C=O) groups is 2. The molecule has 0 unspecified atom stereocenters. The van der Waals surface area contributed by atoms with Crippen molar-refractivity contribution >= 4 is 17.5 Å². The topological polar surface area (TPSA) is 100 Å². The van der Waals surface area contributed by atoms with Gasteiger partial charge in [-0.1, -0.05) is 12.1 Å². The van der Waals surface area contributed by atoms with E-state index in [4.69, 9.17) is 4.74 Å². The second-order valence-corrected chi connectivity index (χ2v) is 7.19. The van der Waals surface area contributed by atoms with E-state index in [1.807, 2.05) is 36.4 Å². The van der Waals surface area contributed by atoms with Crippen LogP contribution in [0.3, 0.4) is 0 Å². The Kier molecular flexibility index (Phi) is 5.74. The Morgan fingerprint density at radius 3 is 2.87 bits per heavy atom. The van der Waals surface area contributed by atoms with E-state index in [1.165, 1.54) is 0 Å². The van der Waals surface area contributed by atoms with E-state index >= 15 is 0 Å². The van der Waals surface area contributed by atoms with Crippen LogP contribution in [-0.4, -0.2) is 52.1 Å². The number of pyridine rings is 1. The molecule has 4 rings (SSSR count). The predicted octanol–water partition coefficient (Wildman–Crippen LogP) is 2.97. The van der Waals surface area contributed by atoms with E-state index in [2.05, 4.69) is 20.5 Å². The summed E-state index contributed by atoms with van der Waals surface area (Å²) in [6, 6.07) is 14.5. The number of amides is 2. The van der Waals surface area contributed by atoms with Crippen LogP contribution < -0.4 is 10.1 Å². The lowest BCUT2D eigenvalue weighted by atomic mass is 9.96. The molecule has 0 bridgehead atoms. The van der Waals surface area contributed by atoms with Gasteiger partial charge in [0.25, 0.3) is 5.91 Å².